The van der Waals surface area contributed by atoms with Gasteiger partial charge in [0.05, 0.1) is 23.3 Å². The second kappa shape index (κ2) is 9.19. The number of nitrogens with one attached hydrogen (secondary N) is 1. The van der Waals surface area contributed by atoms with Gasteiger partial charge in [-0.05, 0) is 41.5 Å². The highest BCUT2D eigenvalue weighted by molar-refractivity contribution is 6.03. The van der Waals surface area contributed by atoms with Crippen LogP contribution >= 0.6 is 0 Å². The first-order valence-electron chi connectivity index (χ1n) is 9.89. The Labute approximate surface area is 187 Å². The predicted octanol–water partition coefficient (Wildman–Crippen LogP) is 5.03. The highest BCUT2D eigenvalue weighted by atomic mass is 16.6. The summed E-state index contributed by atoms with van der Waals surface area (Å²) in [6.07, 6.45) is 2.73. The molecule has 0 bridgehead atoms. The molecular weight excluding hydrogens is 424 g/mol. The molecule has 0 aliphatic heterocycles. The second-order valence-corrected chi connectivity index (χ2v) is 7.08. The highest BCUT2D eigenvalue weighted by Crippen LogP contribution is 2.30. The van der Waals surface area contributed by atoms with Crippen molar-refractivity contribution in [3.8, 4) is 16.9 Å². The maximum atomic E-state index is 12.5. The van der Waals surface area contributed by atoms with E-state index in [-0.39, 0.29) is 5.69 Å². The van der Waals surface area contributed by atoms with E-state index in [2.05, 4.69) is 5.32 Å². The molecule has 33 heavy (non-hydrogen) atoms. The van der Waals surface area contributed by atoms with Crippen LogP contribution in [-0.4, -0.2) is 17.9 Å². The van der Waals surface area contributed by atoms with E-state index in [0.717, 1.165) is 5.39 Å². The lowest BCUT2D eigenvalue weighted by atomic mass is 10.0. The molecule has 0 aliphatic rings. The Morgan fingerprint density at radius 3 is 2.67 bits per heavy atom. The van der Waals surface area contributed by atoms with Gasteiger partial charge in [0.1, 0.15) is 11.3 Å². The summed E-state index contributed by atoms with van der Waals surface area (Å²) in [5.41, 5.74) is 1.68. The number of anilines is 1. The van der Waals surface area contributed by atoms with Gasteiger partial charge in [-0.2, -0.15) is 0 Å². The van der Waals surface area contributed by atoms with Gasteiger partial charge in [-0.3, -0.25) is 14.9 Å². The van der Waals surface area contributed by atoms with Crippen LogP contribution < -0.4 is 15.7 Å². The average Bonchev–Trinajstić information content (AvgIpc) is 2.82. The third-order valence-corrected chi connectivity index (χ3v) is 4.92. The van der Waals surface area contributed by atoms with Gasteiger partial charge in [-0.15, -0.1) is 0 Å². The zero-order valence-electron chi connectivity index (χ0n) is 17.5. The first kappa shape index (κ1) is 21.5. The second-order valence-electron chi connectivity index (χ2n) is 7.08. The van der Waals surface area contributed by atoms with Gasteiger partial charge >= 0.3 is 5.63 Å². The number of amides is 1. The van der Waals surface area contributed by atoms with Crippen molar-refractivity contribution in [3.63, 3.8) is 0 Å². The molecule has 0 fully saturated rings. The van der Waals surface area contributed by atoms with E-state index in [1.54, 1.807) is 42.5 Å². The Bertz CT molecular complexity index is 1460. The number of ether oxygens (including phenoxy) is 1. The number of nitro groups is 1. The number of fused-ring (bicyclic) bond motifs is 1. The van der Waals surface area contributed by atoms with Crippen molar-refractivity contribution in [2.45, 2.75) is 0 Å². The highest BCUT2D eigenvalue weighted by Gasteiger charge is 2.12. The van der Waals surface area contributed by atoms with Crippen molar-refractivity contribution in [3.05, 3.63) is 105 Å². The number of carbonyl (C=O) groups is 1. The molecule has 4 rings (SSSR count). The molecule has 1 amide bonds. The van der Waals surface area contributed by atoms with Gasteiger partial charge in [0.2, 0.25) is 5.91 Å². The van der Waals surface area contributed by atoms with Crippen molar-refractivity contribution >= 4 is 34.3 Å². The molecule has 0 saturated heterocycles. The molecular formula is C25H18N2O6. The van der Waals surface area contributed by atoms with Gasteiger partial charge < -0.3 is 14.5 Å². The first-order valence-corrected chi connectivity index (χ1v) is 9.89. The number of benzene rings is 3. The van der Waals surface area contributed by atoms with Crippen LogP contribution in [0.1, 0.15) is 5.56 Å². The molecule has 8 heteroatoms. The molecule has 1 N–H and O–H groups in total. The number of nitrogens with zero attached hydrogens (tertiary/aromatic N) is 1. The number of hydrogen-bond donors (Lipinski definition) is 1. The molecule has 3 aromatic carbocycles. The lowest BCUT2D eigenvalue weighted by Gasteiger charge is -2.11. The maximum absolute atomic E-state index is 12.5. The summed E-state index contributed by atoms with van der Waals surface area (Å²) in [6, 6.07) is 19.8. The summed E-state index contributed by atoms with van der Waals surface area (Å²) in [5, 5.41) is 14.4. The Morgan fingerprint density at radius 2 is 1.88 bits per heavy atom. The monoisotopic (exact) mass is 442 g/mol. The van der Waals surface area contributed by atoms with Crippen molar-refractivity contribution in [2.75, 3.05) is 12.4 Å². The summed E-state index contributed by atoms with van der Waals surface area (Å²) < 4.78 is 10.7. The van der Waals surface area contributed by atoms with E-state index in [4.69, 9.17) is 9.15 Å². The van der Waals surface area contributed by atoms with Crippen LogP contribution in [0, 0.1) is 10.1 Å². The fourth-order valence-corrected chi connectivity index (χ4v) is 3.32. The van der Waals surface area contributed by atoms with E-state index in [0.29, 0.717) is 33.7 Å². The standard InChI is InChI=1S/C25H18N2O6/c1-32-23-11-10-17(20-14-18-6-2-3-8-22(18)33-25(20)29)15-21(23)26-24(28)12-9-16-5-4-7-19(13-16)27(30)31/h2-15H,1H3,(H,26,28). The van der Waals surface area contributed by atoms with Crippen LogP contribution in [0.5, 0.6) is 5.75 Å². The van der Waals surface area contributed by atoms with Crippen LogP contribution in [-0.2, 0) is 4.79 Å². The summed E-state index contributed by atoms with van der Waals surface area (Å²) in [4.78, 5) is 35.4. The van der Waals surface area contributed by atoms with E-state index < -0.39 is 16.5 Å². The molecule has 8 nitrogen and oxygen atoms in total. The molecule has 1 heterocycles. The lowest BCUT2D eigenvalue weighted by Crippen LogP contribution is -2.10. The van der Waals surface area contributed by atoms with Gasteiger partial charge in [-0.25, -0.2) is 4.79 Å². The van der Waals surface area contributed by atoms with Crippen LogP contribution in [0.2, 0.25) is 0 Å². The first-order chi connectivity index (χ1) is 15.9. The summed E-state index contributed by atoms with van der Waals surface area (Å²) in [5.74, 6) is -0.0662. The normalized spacial score (nSPS) is 10.9. The van der Waals surface area contributed by atoms with Gasteiger partial charge in [0.25, 0.3) is 5.69 Å². The Morgan fingerprint density at radius 1 is 1.06 bits per heavy atom. The smallest absolute Gasteiger partial charge is 0.344 e. The average molecular weight is 442 g/mol. The number of rotatable bonds is 6. The fraction of sp³-hybridized carbons (Fsp3) is 0.0400. The van der Waals surface area contributed by atoms with Crippen LogP contribution in [0.15, 0.2) is 88.1 Å². The van der Waals surface area contributed by atoms with Crippen molar-refractivity contribution in [1.29, 1.82) is 0 Å². The SMILES string of the molecule is COc1ccc(-c2cc3ccccc3oc2=O)cc1NC(=O)C=Cc1cccc([N+](=O)[O-])c1. The van der Waals surface area contributed by atoms with Gasteiger partial charge in [-0.1, -0.05) is 36.4 Å². The summed E-state index contributed by atoms with van der Waals surface area (Å²) in [6.45, 7) is 0. The maximum Gasteiger partial charge on any atom is 0.344 e. The van der Waals surface area contributed by atoms with E-state index >= 15 is 0 Å². The molecule has 0 saturated carbocycles. The lowest BCUT2D eigenvalue weighted by molar-refractivity contribution is -0.384. The third-order valence-electron chi connectivity index (χ3n) is 4.92. The van der Waals surface area contributed by atoms with Crippen LogP contribution in [0.25, 0.3) is 28.2 Å². The Kier molecular flexibility index (Phi) is 5.99. The minimum Gasteiger partial charge on any atom is -0.495 e. The molecule has 4 aromatic rings. The molecule has 0 aliphatic carbocycles. The largest absolute Gasteiger partial charge is 0.495 e. The number of carbonyl (C=O) groups excluding carboxylic acids is 1. The predicted molar refractivity (Wildman–Crippen MR) is 125 cm³/mol. The number of non-ortho nitro benzene ring substituents is 1. The summed E-state index contributed by atoms with van der Waals surface area (Å²) in [7, 11) is 1.47. The van der Waals surface area contributed by atoms with Crippen LogP contribution in [0.4, 0.5) is 11.4 Å². The Balaban J connectivity index is 1.62. The van der Waals surface area contributed by atoms with Crippen molar-refractivity contribution < 1.29 is 18.9 Å². The minimum absolute atomic E-state index is 0.0684. The fourth-order valence-electron chi connectivity index (χ4n) is 3.32. The molecule has 0 spiro atoms. The minimum atomic E-state index is -0.503. The Hall–Kier alpha value is -4.72. The molecule has 0 radical (unpaired) electrons. The number of methoxy groups -OCH3 is 1. The number of hydrogen-bond acceptors (Lipinski definition) is 6. The van der Waals surface area contributed by atoms with Crippen molar-refractivity contribution in [2.24, 2.45) is 0 Å². The third kappa shape index (κ3) is 4.80. The molecule has 1 aromatic heterocycles. The zero-order chi connectivity index (χ0) is 23.4. The van der Waals surface area contributed by atoms with Gasteiger partial charge in [0.15, 0.2) is 0 Å². The van der Waals surface area contributed by atoms with E-state index in [1.807, 2.05) is 12.1 Å². The quantitative estimate of drug-likeness (QED) is 0.194. The van der Waals surface area contributed by atoms with E-state index in [9.17, 15) is 19.7 Å². The van der Waals surface area contributed by atoms with Crippen LogP contribution in [0.3, 0.4) is 0 Å². The molecule has 0 atom stereocenters. The zero-order valence-corrected chi connectivity index (χ0v) is 17.5. The van der Waals surface area contributed by atoms with Crippen molar-refractivity contribution in [1.82, 2.24) is 0 Å². The van der Waals surface area contributed by atoms with Gasteiger partial charge in [0, 0.05) is 23.6 Å². The molecule has 0 unspecified atom stereocenters. The number of nitro benzene ring substituents is 1. The summed E-state index contributed by atoms with van der Waals surface area (Å²) >= 11 is 0. The van der Waals surface area contributed by atoms with E-state index in [1.165, 1.54) is 37.5 Å². The topological polar surface area (TPSA) is 112 Å². The molecule has 164 valence electrons. The number of para-hydroxylation sites is 1.